The van der Waals surface area contributed by atoms with Crippen LogP contribution in [-0.2, 0) is 4.79 Å². The summed E-state index contributed by atoms with van der Waals surface area (Å²) in [5.74, 6) is -0.0933. The molecular weight excluding hydrogens is 292 g/mol. The number of rotatable bonds is 5. The van der Waals surface area contributed by atoms with Crippen LogP contribution in [0, 0.1) is 10.1 Å². The van der Waals surface area contributed by atoms with E-state index in [1.54, 1.807) is 17.0 Å². The van der Waals surface area contributed by atoms with Gasteiger partial charge >= 0.3 is 5.00 Å². The molecule has 0 bridgehead atoms. The highest BCUT2D eigenvalue weighted by Crippen LogP contribution is 2.25. The van der Waals surface area contributed by atoms with Crippen molar-refractivity contribution in [1.82, 2.24) is 4.90 Å². The average Bonchev–Trinajstić information content (AvgIpc) is 2.95. The number of carbonyl (C=O) groups is 1. The molecule has 2 rings (SSSR count). The van der Waals surface area contributed by atoms with Gasteiger partial charge in [-0.2, -0.15) is 0 Å². The highest BCUT2D eigenvalue weighted by molar-refractivity contribution is 7.16. The van der Waals surface area contributed by atoms with Crippen molar-refractivity contribution in [1.29, 1.82) is 0 Å². The Balaban J connectivity index is 2.01. The van der Waals surface area contributed by atoms with Crippen molar-refractivity contribution in [3.8, 4) is 0 Å². The normalized spacial score (nSPS) is 19.1. The molecule has 1 fully saturated rings. The predicted molar refractivity (Wildman–Crippen MR) is 81.1 cm³/mol. The Bertz CT molecular complexity index is 539. The molecule has 1 aliphatic rings. The summed E-state index contributed by atoms with van der Waals surface area (Å²) in [6, 6.07) is 3.16. The first kappa shape index (κ1) is 15.7. The lowest BCUT2D eigenvalue weighted by molar-refractivity contribution is -0.380. The highest BCUT2D eigenvalue weighted by atomic mass is 32.1. The molecule has 0 radical (unpaired) electrons. The van der Waals surface area contributed by atoms with E-state index in [1.165, 1.54) is 12.1 Å². The maximum absolute atomic E-state index is 12.2. The summed E-state index contributed by atoms with van der Waals surface area (Å²) in [4.78, 5) is 24.9. The maximum atomic E-state index is 12.2. The number of aliphatic hydroxyl groups excluding tert-OH is 1. The van der Waals surface area contributed by atoms with Crippen LogP contribution in [-0.4, -0.2) is 40.0 Å². The quantitative estimate of drug-likeness (QED) is 0.514. The fraction of sp³-hybridized carbons (Fsp3) is 0.500. The lowest BCUT2D eigenvalue weighted by Crippen LogP contribution is -2.43. The average molecular weight is 310 g/mol. The first-order chi connectivity index (χ1) is 10.1. The number of piperidine rings is 1. The number of nitrogens with zero attached hydrogens (tertiary/aromatic N) is 2. The van der Waals surface area contributed by atoms with E-state index in [0.29, 0.717) is 17.8 Å². The van der Waals surface area contributed by atoms with Crippen molar-refractivity contribution < 1.29 is 14.8 Å². The van der Waals surface area contributed by atoms with E-state index >= 15 is 0 Å². The van der Waals surface area contributed by atoms with E-state index in [9.17, 15) is 14.9 Å². The summed E-state index contributed by atoms with van der Waals surface area (Å²) < 4.78 is 0. The molecule has 2 heterocycles. The van der Waals surface area contributed by atoms with Crippen LogP contribution in [0.4, 0.5) is 5.00 Å². The highest BCUT2D eigenvalue weighted by Gasteiger charge is 2.24. The van der Waals surface area contributed by atoms with Gasteiger partial charge in [0.1, 0.15) is 0 Å². The zero-order valence-corrected chi connectivity index (χ0v) is 12.4. The summed E-state index contributed by atoms with van der Waals surface area (Å²) in [5, 5.41) is 19.7. The number of hydrogen-bond acceptors (Lipinski definition) is 5. The molecule has 114 valence electrons. The van der Waals surface area contributed by atoms with Gasteiger partial charge in [0.2, 0.25) is 5.91 Å². The third-order valence-corrected chi connectivity index (χ3v) is 4.56. The standard InChI is InChI=1S/C14H18N2O4S/c17-10-8-11-3-1-2-9-15(11)13(18)6-4-12-5-7-14(21-12)16(19)20/h4-7,11,17H,1-3,8-10H2/b6-4+. The molecule has 1 unspecified atom stereocenters. The van der Waals surface area contributed by atoms with E-state index in [0.717, 1.165) is 30.6 Å². The molecule has 1 aromatic rings. The Kier molecular flexibility index (Phi) is 5.46. The number of carbonyl (C=O) groups excluding carboxylic acids is 1. The van der Waals surface area contributed by atoms with Crippen molar-refractivity contribution >= 4 is 28.3 Å². The van der Waals surface area contributed by atoms with Crippen molar-refractivity contribution in [3.63, 3.8) is 0 Å². The molecule has 1 saturated heterocycles. The van der Waals surface area contributed by atoms with E-state index < -0.39 is 4.92 Å². The molecule has 0 saturated carbocycles. The molecule has 1 amide bonds. The monoisotopic (exact) mass is 310 g/mol. The van der Waals surface area contributed by atoms with Crippen LogP contribution in [0.25, 0.3) is 6.08 Å². The van der Waals surface area contributed by atoms with Crippen LogP contribution < -0.4 is 0 Å². The van der Waals surface area contributed by atoms with Crippen LogP contribution in [0.2, 0.25) is 0 Å². The molecule has 0 aromatic carbocycles. The minimum atomic E-state index is -0.439. The second-order valence-corrected chi connectivity index (χ2v) is 6.05. The lowest BCUT2D eigenvalue weighted by Gasteiger charge is -2.34. The first-order valence-electron chi connectivity index (χ1n) is 6.95. The van der Waals surface area contributed by atoms with Crippen LogP contribution >= 0.6 is 11.3 Å². The van der Waals surface area contributed by atoms with Crippen molar-refractivity contribution in [2.24, 2.45) is 0 Å². The first-order valence-corrected chi connectivity index (χ1v) is 7.77. The Labute approximate surface area is 126 Å². The van der Waals surface area contributed by atoms with Gasteiger partial charge in [-0.25, -0.2) is 0 Å². The SMILES string of the molecule is O=C(/C=C/c1ccc([N+](=O)[O-])s1)N1CCCCC1CCO. The second kappa shape index (κ2) is 7.33. The molecule has 1 N–H and O–H groups in total. The third-order valence-electron chi connectivity index (χ3n) is 3.56. The van der Waals surface area contributed by atoms with Crippen LogP contribution in [0.3, 0.4) is 0 Å². The number of hydrogen-bond donors (Lipinski definition) is 1. The number of amides is 1. The van der Waals surface area contributed by atoms with Crippen LogP contribution in [0.1, 0.15) is 30.6 Å². The Morgan fingerprint density at radius 3 is 3.00 bits per heavy atom. The fourth-order valence-corrected chi connectivity index (χ4v) is 3.24. The van der Waals surface area contributed by atoms with E-state index in [-0.39, 0.29) is 23.6 Å². The van der Waals surface area contributed by atoms with Gasteiger partial charge in [-0.15, -0.1) is 0 Å². The van der Waals surface area contributed by atoms with Gasteiger partial charge in [0.15, 0.2) is 0 Å². The smallest absolute Gasteiger partial charge is 0.324 e. The number of thiophene rings is 1. The van der Waals surface area contributed by atoms with Crippen molar-refractivity contribution in [3.05, 3.63) is 33.2 Å². The summed E-state index contributed by atoms with van der Waals surface area (Å²) >= 11 is 1.04. The number of nitro groups is 1. The predicted octanol–water partition coefficient (Wildman–Crippen LogP) is 2.43. The summed E-state index contributed by atoms with van der Waals surface area (Å²) in [6.07, 6.45) is 6.66. The van der Waals surface area contributed by atoms with Gasteiger partial charge in [0.25, 0.3) is 0 Å². The summed E-state index contributed by atoms with van der Waals surface area (Å²) in [6.45, 7) is 0.785. The Morgan fingerprint density at radius 1 is 1.52 bits per heavy atom. The Hall–Kier alpha value is -1.73. The summed E-state index contributed by atoms with van der Waals surface area (Å²) in [7, 11) is 0. The molecular formula is C14H18N2O4S. The fourth-order valence-electron chi connectivity index (χ4n) is 2.52. The molecule has 0 aliphatic carbocycles. The number of aliphatic hydroxyl groups is 1. The van der Waals surface area contributed by atoms with Gasteiger partial charge in [-0.05, 0) is 37.8 Å². The molecule has 21 heavy (non-hydrogen) atoms. The van der Waals surface area contributed by atoms with E-state index in [1.807, 2.05) is 0 Å². The van der Waals surface area contributed by atoms with Crippen molar-refractivity contribution in [2.75, 3.05) is 13.2 Å². The van der Waals surface area contributed by atoms with Gasteiger partial charge in [0, 0.05) is 36.2 Å². The Morgan fingerprint density at radius 2 is 2.33 bits per heavy atom. The summed E-state index contributed by atoms with van der Waals surface area (Å²) in [5.41, 5.74) is 0. The molecule has 0 spiro atoms. The van der Waals surface area contributed by atoms with Gasteiger partial charge in [-0.1, -0.05) is 11.3 Å². The molecule has 6 nitrogen and oxygen atoms in total. The van der Waals surface area contributed by atoms with Gasteiger partial charge in [-0.3, -0.25) is 14.9 Å². The van der Waals surface area contributed by atoms with Gasteiger partial charge in [0.05, 0.1) is 4.92 Å². The van der Waals surface area contributed by atoms with E-state index in [4.69, 9.17) is 5.11 Å². The van der Waals surface area contributed by atoms with E-state index in [2.05, 4.69) is 0 Å². The lowest BCUT2D eigenvalue weighted by atomic mass is 9.99. The largest absolute Gasteiger partial charge is 0.396 e. The zero-order chi connectivity index (χ0) is 15.2. The van der Waals surface area contributed by atoms with Crippen molar-refractivity contribution in [2.45, 2.75) is 31.7 Å². The molecule has 1 aliphatic heterocycles. The minimum absolute atomic E-state index is 0.0678. The number of likely N-dealkylation sites (tertiary alicyclic amines) is 1. The topological polar surface area (TPSA) is 83.7 Å². The minimum Gasteiger partial charge on any atom is -0.396 e. The second-order valence-electron chi connectivity index (χ2n) is 4.96. The molecule has 7 heteroatoms. The molecule has 1 atom stereocenters. The van der Waals surface area contributed by atoms with Crippen LogP contribution in [0.15, 0.2) is 18.2 Å². The van der Waals surface area contributed by atoms with Gasteiger partial charge < -0.3 is 10.0 Å². The molecule has 1 aromatic heterocycles. The third kappa shape index (κ3) is 4.12. The zero-order valence-electron chi connectivity index (χ0n) is 11.6. The van der Waals surface area contributed by atoms with Crippen LogP contribution in [0.5, 0.6) is 0 Å². The maximum Gasteiger partial charge on any atom is 0.324 e.